The number of halogens is 1. The number of carbonyl (C=O) groups excluding carboxylic acids is 1. The maximum atomic E-state index is 12.5. The standard InChI is InChI=1S/C18H25N5O2.ClH/c1-13-17(21-22-23(13)16-6-8-19-9-7-16)18(24)20-11-14-4-3-5-15(10-14)12-25-2;/h3-5,10,16,19H,6-9,11-12H2,1-2H3,(H,20,24);1H. The van der Waals surface area contributed by atoms with E-state index in [-0.39, 0.29) is 18.3 Å². The molecule has 2 aromatic rings. The SMILES string of the molecule is COCc1cccc(CNC(=O)c2nnn(C3CCNCC3)c2C)c1.Cl. The average molecular weight is 380 g/mol. The minimum atomic E-state index is -0.185. The van der Waals surface area contributed by atoms with Crippen LogP contribution in [0.1, 0.15) is 46.2 Å². The molecule has 8 heteroatoms. The molecule has 0 bridgehead atoms. The van der Waals surface area contributed by atoms with Crippen molar-refractivity contribution in [2.45, 2.75) is 39.0 Å². The number of aromatic nitrogens is 3. The van der Waals surface area contributed by atoms with Crippen LogP contribution >= 0.6 is 12.4 Å². The van der Waals surface area contributed by atoms with Gasteiger partial charge in [-0.1, -0.05) is 29.5 Å². The largest absolute Gasteiger partial charge is 0.380 e. The molecule has 0 unspecified atom stereocenters. The number of nitrogens with one attached hydrogen (secondary N) is 2. The van der Waals surface area contributed by atoms with E-state index in [1.165, 1.54) is 0 Å². The second-order valence-corrected chi connectivity index (χ2v) is 6.38. The molecule has 0 atom stereocenters. The molecule has 26 heavy (non-hydrogen) atoms. The summed E-state index contributed by atoms with van der Waals surface area (Å²) in [6.45, 7) is 4.88. The van der Waals surface area contributed by atoms with Crippen LogP contribution in [0.25, 0.3) is 0 Å². The molecular formula is C18H26ClN5O2. The van der Waals surface area contributed by atoms with Crippen LogP contribution in [0.3, 0.4) is 0 Å². The Bertz CT molecular complexity index is 728. The van der Waals surface area contributed by atoms with E-state index in [9.17, 15) is 4.79 Å². The molecular weight excluding hydrogens is 354 g/mol. The highest BCUT2D eigenvalue weighted by Gasteiger charge is 2.22. The normalized spacial score (nSPS) is 14.7. The first-order valence-electron chi connectivity index (χ1n) is 8.66. The van der Waals surface area contributed by atoms with E-state index in [4.69, 9.17) is 4.74 Å². The van der Waals surface area contributed by atoms with Gasteiger partial charge in [-0.15, -0.1) is 17.5 Å². The van der Waals surface area contributed by atoms with Gasteiger partial charge in [0.1, 0.15) is 0 Å². The molecule has 2 N–H and O–H groups in total. The van der Waals surface area contributed by atoms with Crippen LogP contribution in [0.4, 0.5) is 0 Å². The van der Waals surface area contributed by atoms with Crippen molar-refractivity contribution < 1.29 is 9.53 Å². The van der Waals surface area contributed by atoms with Gasteiger partial charge in [-0.3, -0.25) is 4.79 Å². The first-order valence-corrected chi connectivity index (χ1v) is 8.66. The third kappa shape index (κ3) is 4.81. The van der Waals surface area contributed by atoms with Crippen molar-refractivity contribution in [2.24, 2.45) is 0 Å². The number of benzene rings is 1. The Balaban J connectivity index is 0.00000243. The number of amides is 1. The Hall–Kier alpha value is -1.96. The number of rotatable bonds is 6. The molecule has 3 rings (SSSR count). The first-order chi connectivity index (χ1) is 12.2. The third-order valence-corrected chi connectivity index (χ3v) is 4.55. The number of hydrogen-bond donors (Lipinski definition) is 2. The van der Waals surface area contributed by atoms with E-state index in [1.54, 1.807) is 7.11 Å². The van der Waals surface area contributed by atoms with Crippen LogP contribution in [0, 0.1) is 6.92 Å². The molecule has 2 heterocycles. The fourth-order valence-corrected chi connectivity index (χ4v) is 3.21. The minimum absolute atomic E-state index is 0. The van der Waals surface area contributed by atoms with Crippen LogP contribution in [0.5, 0.6) is 0 Å². The summed E-state index contributed by atoms with van der Waals surface area (Å²) in [5.41, 5.74) is 3.36. The lowest BCUT2D eigenvalue weighted by atomic mass is 10.1. The number of nitrogens with zero attached hydrogens (tertiary/aromatic N) is 3. The molecule has 1 aromatic carbocycles. The molecule has 1 amide bonds. The van der Waals surface area contributed by atoms with Crippen molar-refractivity contribution in [3.63, 3.8) is 0 Å². The van der Waals surface area contributed by atoms with Crippen LogP contribution in [0.15, 0.2) is 24.3 Å². The van der Waals surface area contributed by atoms with Crippen molar-refractivity contribution in [1.82, 2.24) is 25.6 Å². The van der Waals surface area contributed by atoms with Gasteiger partial charge in [0.2, 0.25) is 0 Å². The highest BCUT2D eigenvalue weighted by atomic mass is 35.5. The second-order valence-electron chi connectivity index (χ2n) is 6.38. The zero-order valence-electron chi connectivity index (χ0n) is 15.2. The summed E-state index contributed by atoms with van der Waals surface area (Å²) in [6.07, 6.45) is 2.02. The van der Waals surface area contributed by atoms with Gasteiger partial charge < -0.3 is 15.4 Å². The van der Waals surface area contributed by atoms with E-state index in [2.05, 4.69) is 20.9 Å². The Morgan fingerprint density at radius 2 is 2.08 bits per heavy atom. The lowest BCUT2D eigenvalue weighted by molar-refractivity contribution is 0.0945. The number of piperidine rings is 1. The third-order valence-electron chi connectivity index (χ3n) is 4.55. The summed E-state index contributed by atoms with van der Waals surface area (Å²) in [4.78, 5) is 12.5. The maximum Gasteiger partial charge on any atom is 0.274 e. The Morgan fingerprint density at radius 3 is 2.81 bits per heavy atom. The molecule has 7 nitrogen and oxygen atoms in total. The summed E-state index contributed by atoms with van der Waals surface area (Å²) >= 11 is 0. The van der Waals surface area contributed by atoms with Gasteiger partial charge >= 0.3 is 0 Å². The highest BCUT2D eigenvalue weighted by molar-refractivity contribution is 5.93. The first kappa shape index (κ1) is 20.4. The number of methoxy groups -OCH3 is 1. The van der Waals surface area contributed by atoms with Crippen molar-refractivity contribution in [3.05, 3.63) is 46.8 Å². The van der Waals surface area contributed by atoms with Crippen molar-refractivity contribution in [3.8, 4) is 0 Å². The lowest BCUT2D eigenvalue weighted by Crippen LogP contribution is -2.30. The van der Waals surface area contributed by atoms with Gasteiger partial charge in [0.05, 0.1) is 18.3 Å². The van der Waals surface area contributed by atoms with Crippen molar-refractivity contribution in [1.29, 1.82) is 0 Å². The van der Waals surface area contributed by atoms with Crippen LogP contribution < -0.4 is 10.6 Å². The van der Waals surface area contributed by atoms with Crippen LogP contribution in [0.2, 0.25) is 0 Å². The van der Waals surface area contributed by atoms with Gasteiger partial charge in [0.15, 0.2) is 5.69 Å². The molecule has 0 aliphatic carbocycles. The summed E-state index contributed by atoms with van der Waals surface area (Å²) in [6, 6.07) is 8.31. The summed E-state index contributed by atoms with van der Waals surface area (Å²) < 4.78 is 7.04. The predicted molar refractivity (Wildman–Crippen MR) is 101 cm³/mol. The molecule has 0 radical (unpaired) electrons. The molecule has 142 valence electrons. The maximum absolute atomic E-state index is 12.5. The predicted octanol–water partition coefficient (Wildman–Crippen LogP) is 2.01. The molecule has 0 spiro atoms. The summed E-state index contributed by atoms with van der Waals surface area (Å²) in [5, 5.41) is 14.6. The second kappa shape index (κ2) is 9.66. The molecule has 1 aromatic heterocycles. The smallest absolute Gasteiger partial charge is 0.274 e. The van der Waals surface area contributed by atoms with E-state index < -0.39 is 0 Å². The topological polar surface area (TPSA) is 81.1 Å². The Labute approximate surface area is 159 Å². The molecule has 1 aliphatic rings. The highest BCUT2D eigenvalue weighted by Crippen LogP contribution is 2.20. The van der Waals surface area contributed by atoms with E-state index >= 15 is 0 Å². The zero-order chi connectivity index (χ0) is 17.6. The molecule has 1 fully saturated rings. The monoisotopic (exact) mass is 379 g/mol. The minimum Gasteiger partial charge on any atom is -0.380 e. The summed E-state index contributed by atoms with van der Waals surface area (Å²) in [7, 11) is 1.67. The van der Waals surface area contributed by atoms with Gasteiger partial charge in [-0.05, 0) is 44.0 Å². The zero-order valence-corrected chi connectivity index (χ0v) is 16.0. The van der Waals surface area contributed by atoms with Crippen molar-refractivity contribution >= 4 is 18.3 Å². The molecule has 0 saturated carbocycles. The van der Waals surface area contributed by atoms with Gasteiger partial charge in [0, 0.05) is 13.7 Å². The number of carbonyl (C=O) groups is 1. The fourth-order valence-electron chi connectivity index (χ4n) is 3.21. The van der Waals surface area contributed by atoms with Gasteiger partial charge in [0.25, 0.3) is 5.91 Å². The van der Waals surface area contributed by atoms with Crippen molar-refractivity contribution in [2.75, 3.05) is 20.2 Å². The quantitative estimate of drug-likeness (QED) is 0.802. The number of hydrogen-bond acceptors (Lipinski definition) is 5. The van der Waals surface area contributed by atoms with Crippen LogP contribution in [-0.4, -0.2) is 41.1 Å². The van der Waals surface area contributed by atoms with E-state index in [0.717, 1.165) is 42.8 Å². The molecule has 1 saturated heterocycles. The number of ether oxygens (including phenoxy) is 1. The summed E-state index contributed by atoms with van der Waals surface area (Å²) in [5.74, 6) is -0.185. The van der Waals surface area contributed by atoms with E-state index in [1.807, 2.05) is 35.9 Å². The van der Waals surface area contributed by atoms with Crippen LogP contribution in [-0.2, 0) is 17.9 Å². The van der Waals surface area contributed by atoms with E-state index in [0.29, 0.717) is 24.9 Å². The van der Waals surface area contributed by atoms with Gasteiger partial charge in [-0.25, -0.2) is 4.68 Å². The molecule has 1 aliphatic heterocycles. The lowest BCUT2D eigenvalue weighted by Gasteiger charge is -2.23. The fraction of sp³-hybridized carbons (Fsp3) is 0.500. The van der Waals surface area contributed by atoms with Gasteiger partial charge in [-0.2, -0.15) is 0 Å². The average Bonchev–Trinajstić information content (AvgIpc) is 3.03. The Kier molecular flexibility index (Phi) is 7.56. The Morgan fingerprint density at radius 1 is 1.35 bits per heavy atom.